The standard InChI is InChI=1S/C29H30ClN5O2S2/c1-19-4-10-23(11-5-19)35-29-26(27(32-35)20-6-8-22(30)9-7-20)28(21-12-15-38-17-21)39-18-25(37)34(29)16-24(36)31-13-14-33(2)3/h4-12,15,17,28H,13-14,16,18H2,1-3H3,(H,31,36). The minimum Gasteiger partial charge on any atom is -0.353 e. The molecule has 0 aliphatic carbocycles. The Balaban J connectivity index is 1.70. The molecule has 0 saturated heterocycles. The predicted octanol–water partition coefficient (Wildman–Crippen LogP) is 5.41. The average Bonchev–Trinajstić information content (AvgIpc) is 3.55. The summed E-state index contributed by atoms with van der Waals surface area (Å²) >= 11 is 9.41. The second kappa shape index (κ2) is 12.0. The number of halogens is 1. The second-order valence-corrected chi connectivity index (χ2v) is 12.0. The van der Waals surface area contributed by atoms with E-state index in [1.165, 1.54) is 0 Å². The highest BCUT2D eigenvalue weighted by Gasteiger charge is 2.37. The molecule has 7 nitrogen and oxygen atoms in total. The first kappa shape index (κ1) is 27.5. The van der Waals surface area contributed by atoms with Gasteiger partial charge in [0.05, 0.1) is 22.4 Å². The minimum absolute atomic E-state index is 0.0895. The summed E-state index contributed by atoms with van der Waals surface area (Å²) in [7, 11) is 3.91. The van der Waals surface area contributed by atoms with Gasteiger partial charge < -0.3 is 10.2 Å². The lowest BCUT2D eigenvalue weighted by Crippen LogP contribution is -2.43. The van der Waals surface area contributed by atoms with Crippen molar-refractivity contribution in [3.8, 4) is 16.9 Å². The topological polar surface area (TPSA) is 70.5 Å². The molecule has 1 aliphatic rings. The summed E-state index contributed by atoms with van der Waals surface area (Å²) in [4.78, 5) is 30.4. The van der Waals surface area contributed by atoms with Gasteiger partial charge in [-0.05, 0) is 67.7 Å². The quantitative estimate of drug-likeness (QED) is 0.302. The normalized spacial score (nSPS) is 15.4. The van der Waals surface area contributed by atoms with Gasteiger partial charge in [-0.3, -0.25) is 14.5 Å². The second-order valence-electron chi connectivity index (χ2n) is 9.72. The Morgan fingerprint density at radius 3 is 2.54 bits per heavy atom. The number of amides is 2. The number of nitrogens with zero attached hydrogens (tertiary/aromatic N) is 4. The highest BCUT2D eigenvalue weighted by Crippen LogP contribution is 2.49. The lowest BCUT2D eigenvalue weighted by molar-refractivity contribution is -0.122. The van der Waals surface area contributed by atoms with Crippen LogP contribution in [0.2, 0.25) is 5.02 Å². The Morgan fingerprint density at radius 1 is 1.13 bits per heavy atom. The summed E-state index contributed by atoms with van der Waals surface area (Å²) in [5, 5.41) is 12.7. The third-order valence-electron chi connectivity index (χ3n) is 6.51. The number of aryl methyl sites for hydroxylation is 1. The van der Waals surface area contributed by atoms with Crippen LogP contribution >= 0.6 is 34.7 Å². The summed E-state index contributed by atoms with van der Waals surface area (Å²) in [6.45, 7) is 3.15. The number of likely N-dealkylation sites (N-methyl/N-ethyl adjacent to an activating group) is 1. The molecule has 0 radical (unpaired) electrons. The van der Waals surface area contributed by atoms with Crippen LogP contribution in [0.1, 0.15) is 21.9 Å². The molecule has 1 atom stereocenters. The van der Waals surface area contributed by atoms with E-state index in [4.69, 9.17) is 16.7 Å². The van der Waals surface area contributed by atoms with Gasteiger partial charge in [-0.1, -0.05) is 41.4 Å². The minimum atomic E-state index is -0.208. The molecule has 4 aromatic rings. The van der Waals surface area contributed by atoms with E-state index in [0.717, 1.165) is 33.6 Å². The fraction of sp³-hybridized carbons (Fsp3) is 0.276. The highest BCUT2D eigenvalue weighted by molar-refractivity contribution is 8.00. The van der Waals surface area contributed by atoms with Crippen LogP contribution in [0, 0.1) is 6.92 Å². The Morgan fingerprint density at radius 2 is 1.87 bits per heavy atom. The van der Waals surface area contributed by atoms with Gasteiger partial charge in [-0.25, -0.2) is 4.68 Å². The number of thioether (sulfide) groups is 1. The lowest BCUT2D eigenvalue weighted by atomic mass is 10.0. The molecule has 3 heterocycles. The van der Waals surface area contributed by atoms with Gasteiger partial charge in [0.2, 0.25) is 11.8 Å². The van der Waals surface area contributed by atoms with Crippen LogP contribution in [0.25, 0.3) is 16.9 Å². The monoisotopic (exact) mass is 579 g/mol. The summed E-state index contributed by atoms with van der Waals surface area (Å²) in [6.07, 6.45) is 0. The molecular weight excluding hydrogens is 550 g/mol. The first-order chi connectivity index (χ1) is 18.8. The lowest BCUT2D eigenvalue weighted by Gasteiger charge is -2.23. The van der Waals surface area contributed by atoms with Gasteiger partial charge in [0.25, 0.3) is 0 Å². The number of rotatable bonds is 8. The van der Waals surface area contributed by atoms with Crippen molar-refractivity contribution < 1.29 is 9.59 Å². The molecule has 10 heteroatoms. The SMILES string of the molecule is Cc1ccc(-n2nc(-c3ccc(Cl)cc3)c3c2N(CC(=O)NCCN(C)C)C(=O)CSC3c2ccsc2)cc1. The molecule has 39 heavy (non-hydrogen) atoms. The Bertz CT molecular complexity index is 1450. The third kappa shape index (κ3) is 6.06. The molecule has 0 fully saturated rings. The van der Waals surface area contributed by atoms with Gasteiger partial charge in [0, 0.05) is 29.2 Å². The molecule has 0 bridgehead atoms. The van der Waals surface area contributed by atoms with Crippen molar-refractivity contribution in [1.29, 1.82) is 0 Å². The Hall–Kier alpha value is -3.11. The van der Waals surface area contributed by atoms with Crippen LogP contribution in [0.15, 0.2) is 65.4 Å². The number of thiophene rings is 1. The number of anilines is 1. The van der Waals surface area contributed by atoms with E-state index >= 15 is 0 Å². The number of aromatic nitrogens is 2. The van der Waals surface area contributed by atoms with Gasteiger partial charge in [-0.15, -0.1) is 11.8 Å². The molecule has 1 N–H and O–H groups in total. The van der Waals surface area contributed by atoms with Gasteiger partial charge in [-0.2, -0.15) is 16.4 Å². The largest absolute Gasteiger partial charge is 0.353 e. The van der Waals surface area contributed by atoms with Gasteiger partial charge >= 0.3 is 0 Å². The van der Waals surface area contributed by atoms with Crippen molar-refractivity contribution in [3.05, 3.63) is 87.1 Å². The van der Waals surface area contributed by atoms with E-state index in [2.05, 4.69) is 16.8 Å². The fourth-order valence-electron chi connectivity index (χ4n) is 4.51. The number of hydrogen-bond acceptors (Lipinski definition) is 6. The molecular formula is C29H30ClN5O2S2. The van der Waals surface area contributed by atoms with Crippen molar-refractivity contribution in [2.75, 3.05) is 44.4 Å². The molecule has 5 rings (SSSR count). The van der Waals surface area contributed by atoms with Crippen molar-refractivity contribution in [2.45, 2.75) is 12.2 Å². The smallest absolute Gasteiger partial charge is 0.240 e. The maximum Gasteiger partial charge on any atom is 0.240 e. The fourth-order valence-corrected chi connectivity index (χ4v) is 6.60. The number of carbonyl (C=O) groups excluding carboxylic acids is 2. The number of nitrogens with one attached hydrogen (secondary N) is 1. The molecule has 202 valence electrons. The number of hydrogen-bond donors (Lipinski definition) is 1. The number of benzene rings is 2. The van der Waals surface area contributed by atoms with Crippen LogP contribution in [0.5, 0.6) is 0 Å². The zero-order valence-corrected chi connectivity index (χ0v) is 24.4. The molecule has 0 saturated carbocycles. The maximum atomic E-state index is 13.7. The van der Waals surface area contributed by atoms with Crippen LogP contribution in [-0.4, -0.2) is 66.0 Å². The first-order valence-corrected chi connectivity index (χ1v) is 15.0. The Labute approximate surface area is 241 Å². The van der Waals surface area contributed by atoms with E-state index < -0.39 is 0 Å². The molecule has 2 amide bonds. The zero-order valence-electron chi connectivity index (χ0n) is 22.1. The van der Waals surface area contributed by atoms with Crippen molar-refractivity contribution in [3.63, 3.8) is 0 Å². The van der Waals surface area contributed by atoms with E-state index in [1.54, 1.807) is 28.0 Å². The van der Waals surface area contributed by atoms with E-state index in [-0.39, 0.29) is 29.4 Å². The van der Waals surface area contributed by atoms with Crippen LogP contribution in [-0.2, 0) is 9.59 Å². The zero-order chi connectivity index (χ0) is 27.5. The van der Waals surface area contributed by atoms with E-state index in [1.807, 2.05) is 84.5 Å². The molecule has 1 aliphatic heterocycles. The molecule has 1 unspecified atom stereocenters. The van der Waals surface area contributed by atoms with Crippen LogP contribution in [0.4, 0.5) is 5.82 Å². The first-order valence-electron chi connectivity index (χ1n) is 12.6. The van der Waals surface area contributed by atoms with Gasteiger partial charge in [0.1, 0.15) is 12.4 Å². The summed E-state index contributed by atoms with van der Waals surface area (Å²) in [5.41, 5.74) is 5.61. The van der Waals surface area contributed by atoms with E-state index in [0.29, 0.717) is 23.9 Å². The van der Waals surface area contributed by atoms with Gasteiger partial charge in [0.15, 0.2) is 0 Å². The third-order valence-corrected chi connectivity index (χ3v) is 8.72. The Kier molecular flexibility index (Phi) is 8.42. The van der Waals surface area contributed by atoms with E-state index in [9.17, 15) is 9.59 Å². The predicted molar refractivity (Wildman–Crippen MR) is 161 cm³/mol. The maximum absolute atomic E-state index is 13.7. The summed E-state index contributed by atoms with van der Waals surface area (Å²) in [5.74, 6) is 0.531. The summed E-state index contributed by atoms with van der Waals surface area (Å²) < 4.78 is 1.81. The van der Waals surface area contributed by atoms with Crippen LogP contribution < -0.4 is 10.2 Å². The summed E-state index contributed by atoms with van der Waals surface area (Å²) in [6, 6.07) is 17.7. The average molecular weight is 580 g/mol. The number of carbonyl (C=O) groups is 2. The van der Waals surface area contributed by atoms with Crippen LogP contribution in [0.3, 0.4) is 0 Å². The number of fused-ring (bicyclic) bond motifs is 1. The molecule has 2 aromatic carbocycles. The van der Waals surface area contributed by atoms with Crippen molar-refractivity contribution >= 4 is 52.3 Å². The molecule has 2 aromatic heterocycles. The van der Waals surface area contributed by atoms with Crippen molar-refractivity contribution in [2.24, 2.45) is 0 Å². The molecule has 0 spiro atoms. The highest BCUT2D eigenvalue weighted by atomic mass is 35.5. The van der Waals surface area contributed by atoms with Crippen molar-refractivity contribution in [1.82, 2.24) is 20.0 Å².